The van der Waals surface area contributed by atoms with Gasteiger partial charge in [0.25, 0.3) is 5.91 Å². The Hall–Kier alpha value is -2.92. The van der Waals surface area contributed by atoms with Crippen molar-refractivity contribution in [2.75, 3.05) is 14.1 Å². The number of aryl methyl sites for hydroxylation is 1. The zero-order valence-corrected chi connectivity index (χ0v) is 15.4. The number of amides is 1. The minimum atomic E-state index is -0.0470. The van der Waals surface area contributed by atoms with Crippen molar-refractivity contribution in [3.63, 3.8) is 0 Å². The SMILES string of the molecule is CN(C)Cc1ccccc1C(=O)NCc1cccc(-c2cnn(C)c2)c1. The molecule has 1 aromatic heterocycles. The van der Waals surface area contributed by atoms with Gasteiger partial charge in [-0.25, -0.2) is 0 Å². The lowest BCUT2D eigenvalue weighted by Crippen LogP contribution is -2.25. The molecule has 5 nitrogen and oxygen atoms in total. The summed E-state index contributed by atoms with van der Waals surface area (Å²) in [5.41, 5.74) is 4.98. The van der Waals surface area contributed by atoms with Crippen LogP contribution in [0, 0.1) is 0 Å². The second-order valence-electron chi connectivity index (χ2n) is 6.68. The minimum absolute atomic E-state index is 0.0470. The van der Waals surface area contributed by atoms with Crippen molar-refractivity contribution in [2.24, 2.45) is 7.05 Å². The molecular formula is C21H24N4O. The zero-order valence-electron chi connectivity index (χ0n) is 15.4. The van der Waals surface area contributed by atoms with E-state index in [2.05, 4.69) is 27.4 Å². The van der Waals surface area contributed by atoms with Gasteiger partial charge >= 0.3 is 0 Å². The van der Waals surface area contributed by atoms with Gasteiger partial charge in [0.2, 0.25) is 0 Å². The average molecular weight is 348 g/mol. The summed E-state index contributed by atoms with van der Waals surface area (Å²) in [6, 6.07) is 15.9. The molecule has 0 spiro atoms. The largest absolute Gasteiger partial charge is 0.348 e. The van der Waals surface area contributed by atoms with Crippen LogP contribution in [0.15, 0.2) is 60.9 Å². The molecular weight excluding hydrogens is 324 g/mol. The second-order valence-corrected chi connectivity index (χ2v) is 6.68. The normalized spacial score (nSPS) is 10.9. The van der Waals surface area contributed by atoms with E-state index in [1.165, 1.54) is 0 Å². The summed E-state index contributed by atoms with van der Waals surface area (Å²) in [4.78, 5) is 14.7. The highest BCUT2D eigenvalue weighted by Gasteiger charge is 2.11. The van der Waals surface area contributed by atoms with Crippen LogP contribution in [0.5, 0.6) is 0 Å². The third-order valence-electron chi connectivity index (χ3n) is 4.17. The van der Waals surface area contributed by atoms with E-state index in [4.69, 9.17) is 0 Å². The number of aromatic nitrogens is 2. The summed E-state index contributed by atoms with van der Waals surface area (Å²) in [7, 11) is 5.90. The van der Waals surface area contributed by atoms with Crippen LogP contribution in [0.4, 0.5) is 0 Å². The van der Waals surface area contributed by atoms with E-state index in [1.807, 2.05) is 69.9 Å². The van der Waals surface area contributed by atoms with Gasteiger partial charge in [0, 0.05) is 37.5 Å². The van der Waals surface area contributed by atoms with Crippen LogP contribution in [-0.4, -0.2) is 34.7 Å². The average Bonchev–Trinajstić information content (AvgIpc) is 3.06. The smallest absolute Gasteiger partial charge is 0.251 e. The molecule has 26 heavy (non-hydrogen) atoms. The van der Waals surface area contributed by atoms with Crippen LogP contribution >= 0.6 is 0 Å². The lowest BCUT2D eigenvalue weighted by atomic mass is 10.0. The topological polar surface area (TPSA) is 50.2 Å². The molecule has 0 aliphatic rings. The van der Waals surface area contributed by atoms with Gasteiger partial charge in [0.1, 0.15) is 0 Å². The van der Waals surface area contributed by atoms with E-state index in [1.54, 1.807) is 4.68 Å². The van der Waals surface area contributed by atoms with Gasteiger partial charge in [-0.15, -0.1) is 0 Å². The Bertz CT molecular complexity index is 898. The fourth-order valence-electron chi connectivity index (χ4n) is 2.93. The van der Waals surface area contributed by atoms with Gasteiger partial charge in [-0.3, -0.25) is 9.48 Å². The van der Waals surface area contributed by atoms with E-state index in [0.29, 0.717) is 6.54 Å². The Kier molecular flexibility index (Phi) is 5.49. The number of benzene rings is 2. The third-order valence-corrected chi connectivity index (χ3v) is 4.17. The molecule has 1 amide bonds. The van der Waals surface area contributed by atoms with Crippen molar-refractivity contribution < 1.29 is 4.79 Å². The molecule has 0 bridgehead atoms. The van der Waals surface area contributed by atoms with Gasteiger partial charge in [0.05, 0.1) is 6.20 Å². The van der Waals surface area contributed by atoms with Gasteiger partial charge in [-0.05, 0) is 42.9 Å². The second kappa shape index (κ2) is 7.97. The summed E-state index contributed by atoms with van der Waals surface area (Å²) in [5, 5.41) is 7.25. The number of carbonyl (C=O) groups is 1. The highest BCUT2D eigenvalue weighted by molar-refractivity contribution is 5.95. The Morgan fingerprint density at radius 1 is 1.12 bits per heavy atom. The monoisotopic (exact) mass is 348 g/mol. The van der Waals surface area contributed by atoms with Crippen molar-refractivity contribution >= 4 is 5.91 Å². The molecule has 0 fully saturated rings. The van der Waals surface area contributed by atoms with Gasteiger partial charge in [0.15, 0.2) is 0 Å². The van der Waals surface area contributed by atoms with E-state index in [-0.39, 0.29) is 5.91 Å². The van der Waals surface area contributed by atoms with Gasteiger partial charge in [-0.2, -0.15) is 5.10 Å². The lowest BCUT2D eigenvalue weighted by Gasteiger charge is -2.14. The molecule has 0 atom stereocenters. The number of rotatable bonds is 6. The van der Waals surface area contributed by atoms with Crippen molar-refractivity contribution in [2.45, 2.75) is 13.1 Å². The Morgan fingerprint density at radius 3 is 2.65 bits per heavy atom. The number of hydrogen-bond donors (Lipinski definition) is 1. The predicted octanol–water partition coefficient (Wildman–Crippen LogP) is 3.08. The van der Waals surface area contributed by atoms with Crippen molar-refractivity contribution in [1.29, 1.82) is 0 Å². The van der Waals surface area contributed by atoms with Crippen LogP contribution in [0.25, 0.3) is 11.1 Å². The minimum Gasteiger partial charge on any atom is -0.348 e. The fraction of sp³-hybridized carbons (Fsp3) is 0.238. The standard InChI is InChI=1S/C21H24N4O/c1-24(2)14-18-8-4-5-10-20(18)21(26)22-12-16-7-6-9-17(11-16)19-13-23-25(3)15-19/h4-11,13,15H,12,14H2,1-3H3,(H,22,26). The first kappa shape index (κ1) is 17.9. The zero-order chi connectivity index (χ0) is 18.5. The molecule has 0 saturated carbocycles. The van der Waals surface area contributed by atoms with E-state index >= 15 is 0 Å². The molecule has 5 heteroatoms. The molecule has 2 aromatic carbocycles. The highest BCUT2D eigenvalue weighted by Crippen LogP contribution is 2.19. The van der Waals surface area contributed by atoms with Gasteiger partial charge in [-0.1, -0.05) is 36.4 Å². The first-order valence-electron chi connectivity index (χ1n) is 8.62. The van der Waals surface area contributed by atoms with Crippen molar-refractivity contribution in [3.8, 4) is 11.1 Å². The molecule has 1 N–H and O–H groups in total. The van der Waals surface area contributed by atoms with Gasteiger partial charge < -0.3 is 10.2 Å². The summed E-state index contributed by atoms with van der Waals surface area (Å²) >= 11 is 0. The molecule has 0 unspecified atom stereocenters. The first-order valence-corrected chi connectivity index (χ1v) is 8.62. The molecule has 0 saturated heterocycles. The number of nitrogens with zero attached hydrogens (tertiary/aromatic N) is 3. The van der Waals surface area contributed by atoms with E-state index < -0.39 is 0 Å². The van der Waals surface area contributed by atoms with Crippen molar-refractivity contribution in [1.82, 2.24) is 20.0 Å². The number of hydrogen-bond acceptors (Lipinski definition) is 3. The lowest BCUT2D eigenvalue weighted by molar-refractivity contribution is 0.0949. The summed E-state index contributed by atoms with van der Waals surface area (Å²) < 4.78 is 1.78. The first-order chi connectivity index (χ1) is 12.5. The molecule has 0 aliphatic heterocycles. The Morgan fingerprint density at radius 2 is 1.92 bits per heavy atom. The molecule has 1 heterocycles. The van der Waals surface area contributed by atoms with Crippen LogP contribution in [0.1, 0.15) is 21.5 Å². The van der Waals surface area contributed by atoms with Crippen LogP contribution in [0.2, 0.25) is 0 Å². The Balaban J connectivity index is 1.71. The molecule has 134 valence electrons. The maximum absolute atomic E-state index is 12.6. The summed E-state index contributed by atoms with van der Waals surface area (Å²) in [5.74, 6) is -0.0470. The summed E-state index contributed by atoms with van der Waals surface area (Å²) in [6.45, 7) is 1.23. The Labute approximate surface area is 154 Å². The fourth-order valence-corrected chi connectivity index (χ4v) is 2.93. The quantitative estimate of drug-likeness (QED) is 0.745. The maximum atomic E-state index is 12.6. The predicted molar refractivity (Wildman–Crippen MR) is 104 cm³/mol. The highest BCUT2D eigenvalue weighted by atomic mass is 16.1. The van der Waals surface area contributed by atoms with Crippen molar-refractivity contribution in [3.05, 3.63) is 77.6 Å². The van der Waals surface area contributed by atoms with Crippen LogP contribution in [0.3, 0.4) is 0 Å². The van der Waals surface area contributed by atoms with Crippen LogP contribution in [-0.2, 0) is 20.1 Å². The van der Waals surface area contributed by atoms with Crippen LogP contribution < -0.4 is 5.32 Å². The number of carbonyl (C=O) groups excluding carboxylic acids is 1. The third kappa shape index (κ3) is 4.37. The molecule has 0 radical (unpaired) electrons. The molecule has 3 rings (SSSR count). The van der Waals surface area contributed by atoms with E-state index in [0.717, 1.165) is 34.4 Å². The molecule has 3 aromatic rings. The number of nitrogens with one attached hydrogen (secondary N) is 1. The molecule has 0 aliphatic carbocycles. The summed E-state index contributed by atoms with van der Waals surface area (Å²) in [6.07, 6.45) is 3.82. The maximum Gasteiger partial charge on any atom is 0.251 e. The van der Waals surface area contributed by atoms with E-state index in [9.17, 15) is 4.79 Å².